The van der Waals surface area contributed by atoms with Gasteiger partial charge in [-0.15, -0.1) is 0 Å². The van der Waals surface area contributed by atoms with Crippen LogP contribution in [0.5, 0.6) is 11.5 Å². The minimum absolute atomic E-state index is 0.397. The lowest BCUT2D eigenvalue weighted by Gasteiger charge is -2.07. The number of allylic oxidation sites excluding steroid dienone is 1. The Morgan fingerprint density at radius 1 is 1.05 bits per heavy atom. The number of benzene rings is 2. The number of ether oxygens (including phenoxy) is 2. The highest BCUT2D eigenvalue weighted by molar-refractivity contribution is 6.37. The fraction of sp³-hybridized carbons (Fsp3) is 0.118. The number of halogens is 2. The van der Waals surface area contributed by atoms with Crippen LogP contribution in [0.3, 0.4) is 0 Å². The van der Waals surface area contributed by atoms with Crippen LogP contribution in [0.2, 0.25) is 10.0 Å². The first kappa shape index (κ1) is 16.2. The summed E-state index contributed by atoms with van der Waals surface area (Å²) in [5.74, 6) is 1.15. The van der Waals surface area contributed by atoms with Crippen molar-refractivity contribution in [3.8, 4) is 17.6 Å². The van der Waals surface area contributed by atoms with Gasteiger partial charge < -0.3 is 9.47 Å². The molecule has 0 radical (unpaired) electrons. The van der Waals surface area contributed by atoms with Gasteiger partial charge in [-0.05, 0) is 53.6 Å². The quantitative estimate of drug-likeness (QED) is 0.579. The van der Waals surface area contributed by atoms with E-state index in [1.165, 1.54) is 7.11 Å². The summed E-state index contributed by atoms with van der Waals surface area (Å²) >= 11 is 12.2. The molecule has 2 aromatic carbocycles. The number of nitriles is 1. The van der Waals surface area contributed by atoms with Gasteiger partial charge in [0.15, 0.2) is 5.75 Å². The first-order valence-electron chi connectivity index (χ1n) is 6.38. The fourth-order valence-electron chi connectivity index (χ4n) is 1.98. The lowest BCUT2D eigenvalue weighted by Crippen LogP contribution is -1.88. The van der Waals surface area contributed by atoms with Gasteiger partial charge in [0.2, 0.25) is 0 Å². The van der Waals surface area contributed by atoms with Crippen LogP contribution >= 0.6 is 23.2 Å². The molecule has 0 heterocycles. The predicted molar refractivity (Wildman–Crippen MR) is 89.5 cm³/mol. The lowest BCUT2D eigenvalue weighted by molar-refractivity contribution is 0.415. The summed E-state index contributed by atoms with van der Waals surface area (Å²) in [5, 5.41) is 10.2. The van der Waals surface area contributed by atoms with Gasteiger partial charge >= 0.3 is 0 Å². The van der Waals surface area contributed by atoms with Crippen molar-refractivity contribution in [2.75, 3.05) is 14.2 Å². The van der Waals surface area contributed by atoms with Crippen LogP contribution in [-0.4, -0.2) is 14.2 Å². The maximum atomic E-state index is 9.37. The summed E-state index contributed by atoms with van der Waals surface area (Å²) in [6.07, 6.45) is 1.72. The molecule has 22 heavy (non-hydrogen) atoms. The zero-order chi connectivity index (χ0) is 16.1. The maximum absolute atomic E-state index is 9.37. The molecule has 112 valence electrons. The third-order valence-corrected chi connectivity index (χ3v) is 3.62. The van der Waals surface area contributed by atoms with Gasteiger partial charge in [0.05, 0.1) is 35.9 Å². The normalized spacial score (nSPS) is 11.0. The van der Waals surface area contributed by atoms with E-state index in [2.05, 4.69) is 6.07 Å². The Morgan fingerprint density at radius 2 is 1.64 bits per heavy atom. The lowest BCUT2D eigenvalue weighted by atomic mass is 10.0. The van der Waals surface area contributed by atoms with Gasteiger partial charge in [-0.25, -0.2) is 0 Å². The predicted octanol–water partition coefficient (Wildman–Crippen LogP) is 5.07. The maximum Gasteiger partial charge on any atom is 0.156 e. The molecule has 3 nitrogen and oxygen atoms in total. The highest BCUT2D eigenvalue weighted by Crippen LogP contribution is 2.35. The minimum atomic E-state index is 0.397. The molecule has 0 atom stereocenters. The Kier molecular flexibility index (Phi) is 5.32. The summed E-state index contributed by atoms with van der Waals surface area (Å²) < 4.78 is 10.2. The van der Waals surface area contributed by atoms with Crippen molar-refractivity contribution < 1.29 is 9.47 Å². The van der Waals surface area contributed by atoms with Crippen molar-refractivity contribution in [2.24, 2.45) is 0 Å². The zero-order valence-electron chi connectivity index (χ0n) is 12.1. The molecule has 5 heteroatoms. The van der Waals surface area contributed by atoms with Crippen molar-refractivity contribution in [3.63, 3.8) is 0 Å². The second kappa shape index (κ2) is 7.22. The average molecular weight is 334 g/mol. The van der Waals surface area contributed by atoms with E-state index < -0.39 is 0 Å². The van der Waals surface area contributed by atoms with Crippen LogP contribution in [0.25, 0.3) is 11.6 Å². The molecule has 0 aliphatic heterocycles. The van der Waals surface area contributed by atoms with Crippen molar-refractivity contribution >= 4 is 34.9 Å². The van der Waals surface area contributed by atoms with Crippen molar-refractivity contribution in [1.82, 2.24) is 0 Å². The van der Waals surface area contributed by atoms with Gasteiger partial charge in [0.25, 0.3) is 0 Å². The van der Waals surface area contributed by atoms with Crippen molar-refractivity contribution in [1.29, 1.82) is 5.26 Å². The first-order chi connectivity index (χ1) is 10.6. The fourth-order valence-corrected chi connectivity index (χ4v) is 2.63. The molecule has 0 bridgehead atoms. The van der Waals surface area contributed by atoms with Crippen LogP contribution in [-0.2, 0) is 0 Å². The third kappa shape index (κ3) is 3.54. The molecule has 0 amide bonds. The Balaban J connectivity index is 2.42. The molecule has 0 spiro atoms. The second-order valence-corrected chi connectivity index (χ2v) is 5.23. The Hall–Kier alpha value is -2.15. The molecular weight excluding hydrogens is 321 g/mol. The highest BCUT2D eigenvalue weighted by Gasteiger charge is 2.09. The standard InChI is InChI=1S/C17H13Cl2NO2/c1-21-14-5-3-12(4-6-14)13(10-20)7-11-8-15(18)17(22-2)16(19)9-11/h3-9H,1-2H3/b13-7+. The van der Waals surface area contributed by atoms with Crippen LogP contribution in [0.1, 0.15) is 11.1 Å². The smallest absolute Gasteiger partial charge is 0.156 e. The van der Waals surface area contributed by atoms with Crippen molar-refractivity contribution in [2.45, 2.75) is 0 Å². The van der Waals surface area contributed by atoms with E-state index in [1.807, 2.05) is 12.1 Å². The first-order valence-corrected chi connectivity index (χ1v) is 7.14. The van der Waals surface area contributed by atoms with E-state index in [-0.39, 0.29) is 0 Å². The molecule has 0 aromatic heterocycles. The van der Waals surface area contributed by atoms with E-state index >= 15 is 0 Å². The number of nitrogens with zero attached hydrogens (tertiary/aromatic N) is 1. The van der Waals surface area contributed by atoms with Crippen molar-refractivity contribution in [3.05, 3.63) is 57.6 Å². The molecule has 0 saturated heterocycles. The monoisotopic (exact) mass is 333 g/mol. The van der Waals surface area contributed by atoms with Crippen LogP contribution < -0.4 is 9.47 Å². The van der Waals surface area contributed by atoms with Gasteiger partial charge in [0.1, 0.15) is 5.75 Å². The van der Waals surface area contributed by atoms with Gasteiger partial charge in [0, 0.05) is 0 Å². The Bertz CT molecular complexity index is 723. The molecule has 0 unspecified atom stereocenters. The summed E-state index contributed by atoms with van der Waals surface area (Å²) in [6, 6.07) is 12.8. The summed E-state index contributed by atoms with van der Waals surface area (Å²) in [5.41, 5.74) is 2.01. The molecule has 2 aromatic rings. The molecule has 0 N–H and O–H groups in total. The molecular formula is C17H13Cl2NO2. The summed E-state index contributed by atoms with van der Waals surface area (Å²) in [6.45, 7) is 0. The number of methoxy groups -OCH3 is 2. The van der Waals surface area contributed by atoms with Gasteiger partial charge in [-0.3, -0.25) is 0 Å². The summed E-state index contributed by atoms with van der Waals surface area (Å²) in [7, 11) is 3.10. The van der Waals surface area contributed by atoms with E-state index in [0.717, 1.165) is 16.9 Å². The number of hydrogen-bond acceptors (Lipinski definition) is 3. The minimum Gasteiger partial charge on any atom is -0.497 e. The van der Waals surface area contributed by atoms with Gasteiger partial charge in [-0.2, -0.15) is 5.26 Å². The molecule has 0 saturated carbocycles. The molecule has 0 fully saturated rings. The topological polar surface area (TPSA) is 42.2 Å². The summed E-state index contributed by atoms with van der Waals surface area (Å²) in [4.78, 5) is 0. The zero-order valence-corrected chi connectivity index (χ0v) is 13.6. The van der Waals surface area contributed by atoms with E-state index in [4.69, 9.17) is 32.7 Å². The van der Waals surface area contributed by atoms with Crippen LogP contribution in [0.15, 0.2) is 36.4 Å². The van der Waals surface area contributed by atoms with E-state index in [9.17, 15) is 5.26 Å². The molecule has 0 aliphatic rings. The van der Waals surface area contributed by atoms with E-state index in [1.54, 1.807) is 37.5 Å². The Morgan fingerprint density at radius 3 is 2.09 bits per heavy atom. The van der Waals surface area contributed by atoms with E-state index in [0.29, 0.717) is 21.4 Å². The largest absolute Gasteiger partial charge is 0.497 e. The molecule has 0 aliphatic carbocycles. The highest BCUT2D eigenvalue weighted by atomic mass is 35.5. The number of hydrogen-bond donors (Lipinski definition) is 0. The van der Waals surface area contributed by atoms with Gasteiger partial charge in [-0.1, -0.05) is 23.2 Å². The molecule has 2 rings (SSSR count). The van der Waals surface area contributed by atoms with Crippen LogP contribution in [0, 0.1) is 11.3 Å². The second-order valence-electron chi connectivity index (χ2n) is 4.42. The number of rotatable bonds is 4. The third-order valence-electron chi connectivity index (χ3n) is 3.06. The SMILES string of the molecule is COc1ccc(/C(C#N)=C/c2cc(Cl)c(OC)c(Cl)c2)cc1. The Labute approximate surface area is 139 Å². The average Bonchev–Trinajstić information content (AvgIpc) is 2.52. The van der Waals surface area contributed by atoms with Crippen LogP contribution in [0.4, 0.5) is 0 Å².